The van der Waals surface area contributed by atoms with Crippen LogP contribution < -0.4 is 10.1 Å². The zero-order chi connectivity index (χ0) is 29.2. The number of imide groups is 1. The van der Waals surface area contributed by atoms with Crippen LogP contribution in [0.15, 0.2) is 65.6 Å². The molecule has 206 valence electrons. The molecule has 1 heterocycles. The van der Waals surface area contributed by atoms with Crippen molar-refractivity contribution >= 4 is 57.9 Å². The molecule has 0 radical (unpaired) electrons. The maximum absolute atomic E-state index is 13.0. The lowest BCUT2D eigenvalue weighted by molar-refractivity contribution is -0.385. The number of nitro benzene ring substituents is 1. The predicted molar refractivity (Wildman–Crippen MR) is 142 cm³/mol. The van der Waals surface area contributed by atoms with E-state index < -0.39 is 51.7 Å². The number of rotatable bonds is 7. The van der Waals surface area contributed by atoms with Crippen LogP contribution in [-0.2, 0) is 15.8 Å². The Labute approximate surface area is 233 Å². The van der Waals surface area contributed by atoms with Gasteiger partial charge in [-0.05, 0) is 72.3 Å². The van der Waals surface area contributed by atoms with Gasteiger partial charge in [0.15, 0.2) is 0 Å². The van der Waals surface area contributed by atoms with Crippen LogP contribution in [-0.4, -0.2) is 33.4 Å². The third-order valence-electron chi connectivity index (χ3n) is 5.52. The van der Waals surface area contributed by atoms with Gasteiger partial charge in [-0.1, -0.05) is 29.8 Å². The smallest absolute Gasteiger partial charge is 0.416 e. The average molecular weight is 592 g/mol. The molecule has 1 N–H and O–H groups in total. The molecular formula is C26H17ClF3N3O6S. The summed E-state index contributed by atoms with van der Waals surface area (Å²) in [5.41, 5.74) is -0.558. The van der Waals surface area contributed by atoms with E-state index >= 15 is 0 Å². The molecular weight excluding hydrogens is 575 g/mol. The van der Waals surface area contributed by atoms with Gasteiger partial charge >= 0.3 is 11.9 Å². The highest BCUT2D eigenvalue weighted by Crippen LogP contribution is 2.38. The van der Waals surface area contributed by atoms with Crippen LogP contribution in [0.2, 0.25) is 5.02 Å². The summed E-state index contributed by atoms with van der Waals surface area (Å²) in [6, 6.07) is 12.6. The van der Waals surface area contributed by atoms with E-state index in [2.05, 4.69) is 5.32 Å². The quantitative estimate of drug-likeness (QED) is 0.178. The van der Waals surface area contributed by atoms with Crippen LogP contribution in [0, 0.1) is 17.0 Å². The number of ether oxygens (including phenoxy) is 1. The van der Waals surface area contributed by atoms with E-state index in [4.69, 9.17) is 16.3 Å². The van der Waals surface area contributed by atoms with E-state index in [1.807, 2.05) is 0 Å². The van der Waals surface area contributed by atoms with Crippen molar-refractivity contribution in [3.8, 4) is 11.5 Å². The third kappa shape index (κ3) is 6.61. The van der Waals surface area contributed by atoms with Crippen molar-refractivity contribution in [1.82, 2.24) is 4.90 Å². The first-order chi connectivity index (χ1) is 18.8. The van der Waals surface area contributed by atoms with Crippen molar-refractivity contribution in [2.45, 2.75) is 13.1 Å². The van der Waals surface area contributed by atoms with Gasteiger partial charge in [-0.15, -0.1) is 0 Å². The summed E-state index contributed by atoms with van der Waals surface area (Å²) in [5, 5.41) is 13.7. The van der Waals surface area contributed by atoms with Crippen molar-refractivity contribution in [3.63, 3.8) is 0 Å². The molecule has 0 unspecified atom stereocenters. The Morgan fingerprint density at radius 1 is 1.15 bits per heavy atom. The molecule has 4 rings (SSSR count). The van der Waals surface area contributed by atoms with E-state index in [-0.39, 0.29) is 10.7 Å². The number of nitrogens with one attached hydrogen (secondary N) is 1. The fourth-order valence-electron chi connectivity index (χ4n) is 3.57. The number of halogens is 4. The average Bonchev–Trinajstić information content (AvgIpc) is 3.13. The van der Waals surface area contributed by atoms with Gasteiger partial charge in [0.2, 0.25) is 11.7 Å². The van der Waals surface area contributed by atoms with Gasteiger partial charge in [0, 0.05) is 16.8 Å². The van der Waals surface area contributed by atoms with E-state index in [1.54, 1.807) is 25.1 Å². The largest absolute Gasteiger partial charge is 0.450 e. The maximum atomic E-state index is 13.0. The number of benzene rings is 3. The Morgan fingerprint density at radius 2 is 1.90 bits per heavy atom. The number of aryl methyl sites for hydroxylation is 1. The van der Waals surface area contributed by atoms with Gasteiger partial charge in [0.05, 0.1) is 15.4 Å². The van der Waals surface area contributed by atoms with Crippen molar-refractivity contribution in [3.05, 3.63) is 97.4 Å². The van der Waals surface area contributed by atoms with Crippen LogP contribution >= 0.6 is 23.4 Å². The number of hydrogen-bond donors (Lipinski definition) is 1. The topological polar surface area (TPSA) is 119 Å². The lowest BCUT2D eigenvalue weighted by atomic mass is 10.1. The van der Waals surface area contributed by atoms with Crippen molar-refractivity contribution in [1.29, 1.82) is 0 Å². The summed E-state index contributed by atoms with van der Waals surface area (Å²) in [6.07, 6.45) is -3.42. The molecule has 0 bridgehead atoms. The normalized spacial score (nSPS) is 14.5. The standard InChI is InChI=1S/C26H17ClF3N3O6S/c1-14-5-7-17(27)12-19(14)31-23(34)13-32-24(35)22(40-25(32)36)10-15-3-2-4-18(9-15)39-21-8-6-16(26(28,29)30)11-20(21)33(37)38/h2-12H,13H2,1H3,(H,31,34)/b22-10+. The molecule has 3 aromatic carbocycles. The number of nitro groups is 1. The highest BCUT2D eigenvalue weighted by Gasteiger charge is 2.36. The summed E-state index contributed by atoms with van der Waals surface area (Å²) in [7, 11) is 0. The number of nitrogens with zero attached hydrogens (tertiary/aromatic N) is 2. The Bertz CT molecular complexity index is 1580. The van der Waals surface area contributed by atoms with E-state index in [9.17, 15) is 37.7 Å². The first kappa shape index (κ1) is 28.6. The molecule has 3 amide bonds. The molecule has 1 aliphatic rings. The first-order valence-electron chi connectivity index (χ1n) is 11.3. The van der Waals surface area contributed by atoms with E-state index in [0.29, 0.717) is 40.2 Å². The molecule has 1 fully saturated rings. The molecule has 3 aromatic rings. The molecule has 9 nitrogen and oxygen atoms in total. The lowest BCUT2D eigenvalue weighted by Gasteiger charge is -2.13. The first-order valence-corrected chi connectivity index (χ1v) is 12.5. The molecule has 0 atom stereocenters. The molecule has 14 heteroatoms. The maximum Gasteiger partial charge on any atom is 0.416 e. The number of carbonyl (C=O) groups excluding carboxylic acids is 3. The number of alkyl halides is 3. The van der Waals surface area contributed by atoms with Crippen molar-refractivity contribution in [2.75, 3.05) is 11.9 Å². The highest BCUT2D eigenvalue weighted by molar-refractivity contribution is 8.18. The van der Waals surface area contributed by atoms with Crippen molar-refractivity contribution < 1.29 is 37.2 Å². The summed E-state index contributed by atoms with van der Waals surface area (Å²) in [6.45, 7) is 1.22. The zero-order valence-corrected chi connectivity index (χ0v) is 21.9. The van der Waals surface area contributed by atoms with Crippen LogP contribution in [0.5, 0.6) is 11.5 Å². The Kier molecular flexibility index (Phi) is 8.16. The second-order valence-electron chi connectivity index (χ2n) is 8.39. The van der Waals surface area contributed by atoms with Gasteiger partial charge in [-0.25, -0.2) is 0 Å². The van der Waals surface area contributed by atoms with E-state index in [0.717, 1.165) is 16.5 Å². The number of carbonyl (C=O) groups is 3. The minimum atomic E-state index is -4.78. The third-order valence-corrected chi connectivity index (χ3v) is 6.66. The summed E-state index contributed by atoms with van der Waals surface area (Å²) in [4.78, 5) is 48.9. The summed E-state index contributed by atoms with van der Waals surface area (Å²) < 4.78 is 44.4. The second kappa shape index (κ2) is 11.4. The van der Waals surface area contributed by atoms with Crippen LogP contribution in [0.4, 0.5) is 29.3 Å². The van der Waals surface area contributed by atoms with Crippen LogP contribution in [0.1, 0.15) is 16.7 Å². The molecule has 0 spiro atoms. The van der Waals surface area contributed by atoms with E-state index in [1.165, 1.54) is 30.3 Å². The summed E-state index contributed by atoms with van der Waals surface area (Å²) >= 11 is 6.56. The van der Waals surface area contributed by atoms with Gasteiger partial charge < -0.3 is 10.1 Å². The number of hydrogen-bond acceptors (Lipinski definition) is 7. The zero-order valence-electron chi connectivity index (χ0n) is 20.3. The molecule has 1 aliphatic heterocycles. The van der Waals surface area contributed by atoms with Gasteiger partial charge in [0.1, 0.15) is 12.3 Å². The summed E-state index contributed by atoms with van der Waals surface area (Å²) in [5.74, 6) is -1.70. The lowest BCUT2D eigenvalue weighted by Crippen LogP contribution is -2.36. The SMILES string of the molecule is Cc1ccc(Cl)cc1NC(=O)CN1C(=O)S/C(=C/c2cccc(Oc3ccc(C(F)(F)F)cc3[N+](=O)[O-])c2)C1=O. The van der Waals surface area contributed by atoms with Crippen molar-refractivity contribution in [2.24, 2.45) is 0 Å². The Hall–Kier alpha value is -4.36. The minimum Gasteiger partial charge on any atom is -0.450 e. The minimum absolute atomic E-state index is 0.00870. The predicted octanol–water partition coefficient (Wildman–Crippen LogP) is 7.04. The molecule has 0 aromatic heterocycles. The van der Waals surface area contributed by atoms with Gasteiger partial charge in [-0.2, -0.15) is 13.2 Å². The van der Waals surface area contributed by atoms with Gasteiger partial charge in [0.25, 0.3) is 11.1 Å². The number of thioether (sulfide) groups is 1. The van der Waals surface area contributed by atoms with Gasteiger partial charge in [-0.3, -0.25) is 29.4 Å². The fraction of sp³-hybridized carbons (Fsp3) is 0.115. The molecule has 1 saturated heterocycles. The van der Waals surface area contributed by atoms with Crippen LogP contribution in [0.25, 0.3) is 6.08 Å². The van der Waals surface area contributed by atoms with Crippen LogP contribution in [0.3, 0.4) is 0 Å². The number of anilines is 1. The highest BCUT2D eigenvalue weighted by atomic mass is 35.5. The Morgan fingerprint density at radius 3 is 2.60 bits per heavy atom. The monoisotopic (exact) mass is 591 g/mol. The number of amides is 3. The molecule has 0 aliphatic carbocycles. The molecule has 0 saturated carbocycles. The fourth-order valence-corrected chi connectivity index (χ4v) is 4.58. The Balaban J connectivity index is 1.49. The molecule has 40 heavy (non-hydrogen) atoms. The second-order valence-corrected chi connectivity index (χ2v) is 9.82.